The highest BCUT2D eigenvalue weighted by Crippen LogP contribution is 2.31. The number of rotatable bonds is 5. The number of fused-ring (bicyclic) bond motifs is 1. The van der Waals surface area contributed by atoms with Crippen molar-refractivity contribution in [2.75, 3.05) is 17.7 Å². The van der Waals surface area contributed by atoms with Gasteiger partial charge in [-0.15, -0.1) is 0 Å². The van der Waals surface area contributed by atoms with E-state index in [2.05, 4.69) is 21.2 Å². The first-order valence-electron chi connectivity index (χ1n) is 8.86. The van der Waals surface area contributed by atoms with Crippen LogP contribution < -0.4 is 20.8 Å². The summed E-state index contributed by atoms with van der Waals surface area (Å²) in [4.78, 5) is 34.9. The molecule has 0 radical (unpaired) electrons. The lowest BCUT2D eigenvalue weighted by Gasteiger charge is -2.22. The van der Waals surface area contributed by atoms with Crippen molar-refractivity contribution < 1.29 is 19.2 Å². The Kier molecular flexibility index (Phi) is 5.77. The number of hydrazone groups is 1. The maximum absolute atomic E-state index is 12.2. The summed E-state index contributed by atoms with van der Waals surface area (Å²) in [6, 6.07) is 8.06. The van der Waals surface area contributed by atoms with E-state index in [0.29, 0.717) is 16.9 Å². The molecule has 0 saturated heterocycles. The van der Waals surface area contributed by atoms with Gasteiger partial charge in [0.1, 0.15) is 5.70 Å². The molecule has 0 atom stereocenters. The minimum absolute atomic E-state index is 0.0226. The number of carbonyl (C=O) groups is 2. The molecule has 0 saturated carbocycles. The molecule has 3 N–H and O–H groups in total. The Balaban J connectivity index is 1.74. The quantitative estimate of drug-likeness (QED) is 0.301. The van der Waals surface area contributed by atoms with Crippen LogP contribution in [0.2, 0.25) is 0 Å². The van der Waals surface area contributed by atoms with E-state index in [1.165, 1.54) is 25.5 Å². The number of anilines is 2. The molecule has 3 rings (SSSR count). The van der Waals surface area contributed by atoms with Gasteiger partial charge in [0, 0.05) is 17.7 Å². The molecule has 0 spiro atoms. The van der Waals surface area contributed by atoms with Gasteiger partial charge in [0.2, 0.25) is 5.75 Å². The summed E-state index contributed by atoms with van der Waals surface area (Å²) < 4.78 is 5.06. The van der Waals surface area contributed by atoms with Gasteiger partial charge in [0.15, 0.2) is 0 Å². The summed E-state index contributed by atoms with van der Waals surface area (Å²) in [6.45, 7) is 3.88. The van der Waals surface area contributed by atoms with Crippen LogP contribution in [-0.4, -0.2) is 30.1 Å². The summed E-state index contributed by atoms with van der Waals surface area (Å²) in [6.07, 6.45) is 2.30. The van der Waals surface area contributed by atoms with Gasteiger partial charge in [-0.1, -0.05) is 6.07 Å². The molecule has 2 aromatic carbocycles. The lowest BCUT2D eigenvalue weighted by molar-refractivity contribution is -0.385. The van der Waals surface area contributed by atoms with E-state index in [9.17, 15) is 19.7 Å². The molecule has 1 heterocycles. The third kappa shape index (κ3) is 4.27. The predicted octanol–water partition coefficient (Wildman–Crippen LogP) is 2.62. The van der Waals surface area contributed by atoms with Crippen molar-refractivity contribution in [3.63, 3.8) is 0 Å². The van der Waals surface area contributed by atoms with Gasteiger partial charge in [-0.25, -0.2) is 5.43 Å². The number of benzene rings is 2. The van der Waals surface area contributed by atoms with Gasteiger partial charge in [-0.2, -0.15) is 5.10 Å². The fourth-order valence-electron chi connectivity index (χ4n) is 2.85. The highest BCUT2D eigenvalue weighted by molar-refractivity contribution is 6.14. The molecule has 2 amide bonds. The molecule has 0 fully saturated rings. The number of nitrogens with one attached hydrogen (secondary N) is 3. The second-order valence-corrected chi connectivity index (χ2v) is 6.51. The smallest absolute Gasteiger partial charge is 0.311 e. The van der Waals surface area contributed by atoms with E-state index in [0.717, 1.165) is 17.2 Å². The lowest BCUT2D eigenvalue weighted by atomic mass is 10.1. The first kappa shape index (κ1) is 20.5. The number of methoxy groups -OCH3 is 1. The van der Waals surface area contributed by atoms with Crippen LogP contribution in [-0.2, 0) is 9.59 Å². The van der Waals surface area contributed by atoms with Crippen molar-refractivity contribution in [1.29, 1.82) is 0 Å². The third-order valence-electron chi connectivity index (χ3n) is 4.48. The Labute approximate surface area is 171 Å². The van der Waals surface area contributed by atoms with Crippen LogP contribution in [0.5, 0.6) is 5.75 Å². The van der Waals surface area contributed by atoms with Crippen molar-refractivity contribution in [2.45, 2.75) is 13.8 Å². The first-order chi connectivity index (χ1) is 14.3. The number of carbonyl (C=O) groups excluding carboxylic acids is 2. The summed E-state index contributed by atoms with van der Waals surface area (Å²) in [7, 11) is 1.30. The number of nitrogens with zero attached hydrogens (tertiary/aromatic N) is 2. The number of nitro groups is 1. The molecule has 1 aliphatic heterocycles. The highest BCUT2D eigenvalue weighted by atomic mass is 16.6. The van der Waals surface area contributed by atoms with E-state index in [1.54, 1.807) is 6.07 Å². The van der Waals surface area contributed by atoms with Crippen molar-refractivity contribution in [1.82, 2.24) is 5.43 Å². The molecule has 30 heavy (non-hydrogen) atoms. The SMILES string of the molecule is COc1c(C=NNC(=O)/C=C2\Nc3cc(C)c(C)cc3NC2=O)cccc1[N+](=O)[O-]. The van der Waals surface area contributed by atoms with Crippen molar-refractivity contribution in [3.05, 3.63) is 68.9 Å². The average molecular weight is 409 g/mol. The fraction of sp³-hybridized carbons (Fsp3) is 0.150. The zero-order valence-corrected chi connectivity index (χ0v) is 16.5. The van der Waals surface area contributed by atoms with Gasteiger partial charge in [-0.3, -0.25) is 19.7 Å². The fourth-order valence-corrected chi connectivity index (χ4v) is 2.85. The lowest BCUT2D eigenvalue weighted by Crippen LogP contribution is -2.28. The molecule has 10 heteroatoms. The Hall–Kier alpha value is -4.21. The molecular formula is C20H19N5O5. The third-order valence-corrected chi connectivity index (χ3v) is 4.48. The van der Waals surface area contributed by atoms with E-state index in [4.69, 9.17) is 4.74 Å². The first-order valence-corrected chi connectivity index (χ1v) is 8.86. The summed E-state index contributed by atoms with van der Waals surface area (Å²) >= 11 is 0. The van der Waals surface area contributed by atoms with Crippen LogP contribution in [0.3, 0.4) is 0 Å². The Morgan fingerprint density at radius 2 is 1.87 bits per heavy atom. The molecule has 10 nitrogen and oxygen atoms in total. The second-order valence-electron chi connectivity index (χ2n) is 6.51. The zero-order chi connectivity index (χ0) is 21.8. The van der Waals surface area contributed by atoms with Crippen LogP contribution in [0.25, 0.3) is 0 Å². The largest absolute Gasteiger partial charge is 0.490 e. The molecule has 0 bridgehead atoms. The molecule has 154 valence electrons. The summed E-state index contributed by atoms with van der Waals surface area (Å²) in [5.41, 5.74) is 5.80. The zero-order valence-electron chi connectivity index (χ0n) is 16.5. The molecular weight excluding hydrogens is 390 g/mol. The summed E-state index contributed by atoms with van der Waals surface area (Å²) in [5, 5.41) is 20.5. The van der Waals surface area contributed by atoms with E-state index in [1.807, 2.05) is 26.0 Å². The van der Waals surface area contributed by atoms with Crippen molar-refractivity contribution in [2.24, 2.45) is 5.10 Å². The van der Waals surface area contributed by atoms with E-state index in [-0.39, 0.29) is 17.1 Å². The number of nitro benzene ring substituents is 1. The normalized spacial score (nSPS) is 14.1. The maximum atomic E-state index is 12.2. The Bertz CT molecular complexity index is 1110. The topological polar surface area (TPSA) is 135 Å². The number of aryl methyl sites for hydroxylation is 2. The standard InChI is InChI=1S/C20H19N5O5/c1-11-7-14-15(8-12(11)2)23-20(27)16(22-14)9-18(26)24-21-10-13-5-4-6-17(25(28)29)19(13)30-3/h4-10,22H,1-3H3,(H,23,27)(H,24,26)/b16-9-,21-10?. The number of amides is 2. The Morgan fingerprint density at radius 1 is 1.20 bits per heavy atom. The minimum Gasteiger partial charge on any atom is -0.490 e. The van der Waals surface area contributed by atoms with Gasteiger partial charge >= 0.3 is 5.69 Å². The number of para-hydroxylation sites is 1. The van der Waals surface area contributed by atoms with Gasteiger partial charge < -0.3 is 15.4 Å². The molecule has 2 aromatic rings. The van der Waals surface area contributed by atoms with Crippen molar-refractivity contribution >= 4 is 35.1 Å². The van der Waals surface area contributed by atoms with Gasteiger partial charge in [0.25, 0.3) is 11.8 Å². The molecule has 0 unspecified atom stereocenters. The van der Waals surface area contributed by atoms with Crippen LogP contribution in [0.4, 0.5) is 17.1 Å². The van der Waals surface area contributed by atoms with E-state index >= 15 is 0 Å². The van der Waals surface area contributed by atoms with Gasteiger partial charge in [-0.05, 0) is 43.2 Å². The second kappa shape index (κ2) is 8.43. The van der Waals surface area contributed by atoms with Crippen LogP contribution in [0.1, 0.15) is 16.7 Å². The van der Waals surface area contributed by atoms with Crippen LogP contribution in [0.15, 0.2) is 47.2 Å². The van der Waals surface area contributed by atoms with E-state index < -0.39 is 16.7 Å². The Morgan fingerprint density at radius 3 is 2.50 bits per heavy atom. The van der Waals surface area contributed by atoms with Gasteiger partial charge in [0.05, 0.1) is 29.6 Å². The van der Waals surface area contributed by atoms with Crippen molar-refractivity contribution in [3.8, 4) is 5.75 Å². The van der Waals surface area contributed by atoms with Crippen LogP contribution in [0, 0.1) is 24.0 Å². The maximum Gasteiger partial charge on any atom is 0.311 e. The highest BCUT2D eigenvalue weighted by Gasteiger charge is 2.21. The average Bonchev–Trinajstić information content (AvgIpc) is 2.70. The summed E-state index contributed by atoms with van der Waals surface area (Å²) in [5.74, 6) is -1.08. The van der Waals surface area contributed by atoms with Crippen LogP contribution >= 0.6 is 0 Å². The number of hydrogen-bond acceptors (Lipinski definition) is 7. The molecule has 0 aromatic heterocycles. The number of ether oxygens (including phenoxy) is 1. The molecule has 0 aliphatic carbocycles. The predicted molar refractivity (Wildman–Crippen MR) is 112 cm³/mol. The monoisotopic (exact) mass is 409 g/mol. The minimum atomic E-state index is -0.652. The number of hydrogen-bond donors (Lipinski definition) is 3. The molecule has 1 aliphatic rings.